The predicted molar refractivity (Wildman–Crippen MR) is 129 cm³/mol. The second-order valence-corrected chi connectivity index (χ2v) is 8.36. The van der Waals surface area contributed by atoms with Crippen LogP contribution in [0.5, 0.6) is 5.75 Å². The molecule has 182 valence electrons. The van der Waals surface area contributed by atoms with Crippen molar-refractivity contribution in [2.75, 3.05) is 24.3 Å². The summed E-state index contributed by atoms with van der Waals surface area (Å²) in [6.07, 6.45) is 1.25. The number of pyridine rings is 1. The zero-order chi connectivity index (χ0) is 25.1. The summed E-state index contributed by atoms with van der Waals surface area (Å²) in [6.45, 7) is 0.176. The summed E-state index contributed by atoms with van der Waals surface area (Å²) in [7, 11) is 1.49. The number of hydrogen-bond acceptors (Lipinski definition) is 5. The van der Waals surface area contributed by atoms with Gasteiger partial charge in [-0.3, -0.25) is 14.2 Å². The lowest BCUT2D eigenvalue weighted by Crippen LogP contribution is -2.45. The maximum absolute atomic E-state index is 14.8. The standard InChI is InChI=1S/C24H22ClFN4O5/c1-35-17-12-20(30(13-17)24(34)27-15-6-4-14(25)5-7-15)22(32)28-19-9-8-16(11-18(19)26)29-10-2-3-21(31)23(29)33/h2-11,17,20,31H,12-13H2,1H3,(H,27,34)(H,28,32). The van der Waals surface area contributed by atoms with Crippen LogP contribution >= 0.6 is 11.6 Å². The molecule has 3 amide bonds. The van der Waals surface area contributed by atoms with E-state index in [9.17, 15) is 23.9 Å². The third kappa shape index (κ3) is 5.28. The van der Waals surface area contributed by atoms with Crippen LogP contribution < -0.4 is 16.2 Å². The first-order valence-electron chi connectivity index (χ1n) is 10.6. The molecule has 1 aliphatic heterocycles. The number of nitrogens with zero attached hydrogens (tertiary/aromatic N) is 2. The predicted octanol–water partition coefficient (Wildman–Crippen LogP) is 3.60. The zero-order valence-electron chi connectivity index (χ0n) is 18.6. The summed E-state index contributed by atoms with van der Waals surface area (Å²) in [4.78, 5) is 39.3. The Morgan fingerprint density at radius 2 is 1.89 bits per heavy atom. The van der Waals surface area contributed by atoms with Gasteiger partial charge < -0.3 is 25.4 Å². The van der Waals surface area contributed by atoms with Crippen LogP contribution in [0.15, 0.2) is 65.6 Å². The Bertz CT molecular complexity index is 1310. The van der Waals surface area contributed by atoms with Crippen LogP contribution in [-0.2, 0) is 9.53 Å². The Morgan fingerprint density at radius 3 is 2.57 bits per heavy atom. The second-order valence-electron chi connectivity index (χ2n) is 7.92. The number of halogens is 2. The minimum absolute atomic E-state index is 0.120. The van der Waals surface area contributed by atoms with Gasteiger partial charge in [0.1, 0.15) is 11.9 Å². The quantitative estimate of drug-likeness (QED) is 0.495. The van der Waals surface area contributed by atoms with Crippen LogP contribution in [0.3, 0.4) is 0 Å². The van der Waals surface area contributed by atoms with Gasteiger partial charge in [-0.05, 0) is 48.5 Å². The fourth-order valence-corrected chi connectivity index (χ4v) is 3.95. The van der Waals surface area contributed by atoms with E-state index < -0.39 is 35.1 Å². The van der Waals surface area contributed by atoms with E-state index in [1.165, 1.54) is 42.5 Å². The molecule has 2 heterocycles. The third-order valence-electron chi connectivity index (χ3n) is 5.67. The van der Waals surface area contributed by atoms with E-state index in [4.69, 9.17) is 16.3 Å². The number of likely N-dealkylation sites (tertiary alicyclic amines) is 1. The van der Waals surface area contributed by atoms with Crippen LogP contribution in [0.4, 0.5) is 20.6 Å². The smallest absolute Gasteiger partial charge is 0.322 e. The highest BCUT2D eigenvalue weighted by Gasteiger charge is 2.40. The number of ether oxygens (including phenoxy) is 1. The van der Waals surface area contributed by atoms with Crippen molar-refractivity contribution in [2.24, 2.45) is 0 Å². The minimum atomic E-state index is -0.903. The molecule has 11 heteroatoms. The molecule has 0 aliphatic carbocycles. The maximum atomic E-state index is 14.8. The van der Waals surface area contributed by atoms with E-state index >= 15 is 0 Å². The van der Waals surface area contributed by atoms with Gasteiger partial charge in [-0.2, -0.15) is 0 Å². The number of urea groups is 1. The molecule has 1 aromatic heterocycles. The first-order chi connectivity index (χ1) is 16.8. The lowest BCUT2D eigenvalue weighted by atomic mass is 10.1. The van der Waals surface area contributed by atoms with Crippen molar-refractivity contribution in [3.05, 3.63) is 82.0 Å². The third-order valence-corrected chi connectivity index (χ3v) is 5.92. The van der Waals surface area contributed by atoms with Crippen molar-refractivity contribution in [1.82, 2.24) is 9.47 Å². The first-order valence-corrected chi connectivity index (χ1v) is 11.0. The monoisotopic (exact) mass is 500 g/mol. The van der Waals surface area contributed by atoms with Crippen molar-refractivity contribution in [3.63, 3.8) is 0 Å². The van der Waals surface area contributed by atoms with Crippen LogP contribution in [0.2, 0.25) is 5.02 Å². The van der Waals surface area contributed by atoms with Gasteiger partial charge in [0.25, 0.3) is 5.56 Å². The van der Waals surface area contributed by atoms with Gasteiger partial charge in [0.2, 0.25) is 5.91 Å². The Morgan fingerprint density at radius 1 is 1.14 bits per heavy atom. The molecule has 1 fully saturated rings. The number of nitrogens with one attached hydrogen (secondary N) is 2. The van der Waals surface area contributed by atoms with Crippen LogP contribution in [0, 0.1) is 5.82 Å². The molecule has 3 N–H and O–H groups in total. The average molecular weight is 501 g/mol. The minimum Gasteiger partial charge on any atom is -0.503 e. The van der Waals surface area contributed by atoms with Crippen LogP contribution in [0.25, 0.3) is 5.69 Å². The molecule has 0 saturated carbocycles. The topological polar surface area (TPSA) is 113 Å². The van der Waals surface area contributed by atoms with Gasteiger partial charge in [-0.1, -0.05) is 11.6 Å². The van der Waals surface area contributed by atoms with E-state index in [2.05, 4.69) is 10.6 Å². The van der Waals surface area contributed by atoms with Crippen LogP contribution in [-0.4, -0.2) is 52.3 Å². The van der Waals surface area contributed by atoms with Gasteiger partial charge >= 0.3 is 6.03 Å². The highest BCUT2D eigenvalue weighted by molar-refractivity contribution is 6.30. The molecule has 0 bridgehead atoms. The fraction of sp³-hybridized carbons (Fsp3) is 0.208. The van der Waals surface area contributed by atoms with Gasteiger partial charge in [0, 0.05) is 43.0 Å². The molecule has 2 aromatic carbocycles. The highest BCUT2D eigenvalue weighted by Crippen LogP contribution is 2.25. The Hall–Kier alpha value is -3.89. The molecule has 2 unspecified atom stereocenters. The van der Waals surface area contributed by atoms with E-state index in [1.54, 1.807) is 24.3 Å². The number of carbonyl (C=O) groups is 2. The number of aromatic hydroxyl groups is 1. The molecular weight excluding hydrogens is 479 g/mol. The van der Waals surface area contributed by atoms with Crippen molar-refractivity contribution in [2.45, 2.75) is 18.6 Å². The van der Waals surface area contributed by atoms with E-state index in [-0.39, 0.29) is 30.4 Å². The molecule has 2 atom stereocenters. The van der Waals surface area contributed by atoms with Gasteiger partial charge in [-0.25, -0.2) is 9.18 Å². The van der Waals surface area contributed by atoms with E-state index in [0.29, 0.717) is 10.7 Å². The molecule has 35 heavy (non-hydrogen) atoms. The number of amides is 3. The summed E-state index contributed by atoms with van der Waals surface area (Å²) < 4.78 is 21.2. The number of anilines is 2. The largest absolute Gasteiger partial charge is 0.503 e. The summed E-state index contributed by atoms with van der Waals surface area (Å²) in [5, 5.41) is 15.4. The fourth-order valence-electron chi connectivity index (χ4n) is 3.83. The highest BCUT2D eigenvalue weighted by atomic mass is 35.5. The number of rotatable bonds is 5. The molecule has 0 radical (unpaired) electrons. The van der Waals surface area contributed by atoms with Gasteiger partial charge in [-0.15, -0.1) is 0 Å². The van der Waals surface area contributed by atoms with Gasteiger partial charge in [0.15, 0.2) is 5.75 Å². The van der Waals surface area contributed by atoms with Crippen LogP contribution in [0.1, 0.15) is 6.42 Å². The molecule has 1 aliphatic rings. The molecule has 1 saturated heterocycles. The van der Waals surface area contributed by atoms with Crippen molar-refractivity contribution in [1.29, 1.82) is 0 Å². The van der Waals surface area contributed by atoms with Crippen molar-refractivity contribution >= 4 is 34.9 Å². The molecule has 3 aromatic rings. The Kier molecular flexibility index (Phi) is 7.04. The number of benzene rings is 2. The summed E-state index contributed by atoms with van der Waals surface area (Å²) in [5.74, 6) is -1.85. The average Bonchev–Trinajstić information content (AvgIpc) is 3.29. The van der Waals surface area contributed by atoms with Crippen molar-refractivity contribution < 1.29 is 23.8 Å². The number of aromatic nitrogens is 1. The normalized spacial score (nSPS) is 17.3. The van der Waals surface area contributed by atoms with E-state index in [1.807, 2.05) is 0 Å². The second kappa shape index (κ2) is 10.2. The maximum Gasteiger partial charge on any atom is 0.322 e. The SMILES string of the molecule is COC1CC(C(=O)Nc2ccc(-n3cccc(O)c3=O)cc2F)N(C(=O)Nc2ccc(Cl)cc2)C1. The first kappa shape index (κ1) is 24.2. The lowest BCUT2D eigenvalue weighted by Gasteiger charge is -2.24. The summed E-state index contributed by atoms with van der Waals surface area (Å²) in [6, 6.07) is 11.6. The number of carbonyl (C=O) groups excluding carboxylic acids is 2. The number of methoxy groups -OCH3 is 1. The molecular formula is C24H22ClFN4O5. The Labute approximate surface area is 204 Å². The van der Waals surface area contributed by atoms with Gasteiger partial charge in [0.05, 0.1) is 17.5 Å². The molecule has 9 nitrogen and oxygen atoms in total. The summed E-state index contributed by atoms with van der Waals surface area (Å²) in [5.41, 5.74) is -0.151. The van der Waals surface area contributed by atoms with E-state index in [0.717, 1.165) is 10.6 Å². The lowest BCUT2D eigenvalue weighted by molar-refractivity contribution is -0.119. The molecule has 4 rings (SSSR count). The van der Waals surface area contributed by atoms with Crippen molar-refractivity contribution in [3.8, 4) is 11.4 Å². The molecule has 0 spiro atoms. The summed E-state index contributed by atoms with van der Waals surface area (Å²) >= 11 is 5.88. The zero-order valence-corrected chi connectivity index (χ0v) is 19.3. The Balaban J connectivity index is 1.51. The number of hydrogen-bond donors (Lipinski definition) is 3.